The summed E-state index contributed by atoms with van der Waals surface area (Å²) in [6.07, 6.45) is 0. The summed E-state index contributed by atoms with van der Waals surface area (Å²) < 4.78 is 19.6. The van der Waals surface area contributed by atoms with Crippen molar-refractivity contribution < 1.29 is 24.0 Å². The van der Waals surface area contributed by atoms with Gasteiger partial charge in [0.25, 0.3) is 0 Å². The number of ether oxygens (including phenoxy) is 1. The van der Waals surface area contributed by atoms with E-state index in [0.717, 1.165) is 4.47 Å². The SMILES string of the molecule is O=C(O)c1cc([N+](=O)[O-])c(Oc2ccc(Br)cc2)cc1F. The minimum Gasteiger partial charge on any atom is -0.478 e. The average molecular weight is 356 g/mol. The van der Waals surface area contributed by atoms with Crippen molar-refractivity contribution in [2.45, 2.75) is 0 Å². The van der Waals surface area contributed by atoms with E-state index < -0.39 is 28.0 Å². The summed E-state index contributed by atoms with van der Waals surface area (Å²) >= 11 is 3.22. The van der Waals surface area contributed by atoms with Gasteiger partial charge in [-0.25, -0.2) is 9.18 Å². The molecule has 0 spiro atoms. The van der Waals surface area contributed by atoms with E-state index in [1.807, 2.05) is 0 Å². The molecule has 0 atom stereocenters. The smallest absolute Gasteiger partial charge is 0.338 e. The highest BCUT2D eigenvalue weighted by Gasteiger charge is 2.23. The number of nitro groups is 1. The second-order valence-electron chi connectivity index (χ2n) is 3.92. The molecule has 1 N–H and O–H groups in total. The Bertz CT molecular complexity index is 717. The minimum absolute atomic E-state index is 0.253. The molecule has 0 saturated carbocycles. The van der Waals surface area contributed by atoms with Crippen molar-refractivity contribution in [3.05, 3.63) is 62.4 Å². The fourth-order valence-corrected chi connectivity index (χ4v) is 1.83. The highest BCUT2D eigenvalue weighted by molar-refractivity contribution is 9.10. The molecule has 2 aromatic rings. The van der Waals surface area contributed by atoms with Crippen LogP contribution in [0.15, 0.2) is 40.9 Å². The predicted molar refractivity (Wildman–Crippen MR) is 74.2 cm³/mol. The molecule has 0 aliphatic carbocycles. The van der Waals surface area contributed by atoms with Crippen LogP contribution in [0.5, 0.6) is 11.5 Å². The van der Waals surface area contributed by atoms with Crippen LogP contribution in [0.25, 0.3) is 0 Å². The summed E-state index contributed by atoms with van der Waals surface area (Å²) in [6, 6.07) is 7.65. The van der Waals surface area contributed by atoms with Gasteiger partial charge < -0.3 is 9.84 Å². The number of nitro benzene ring substituents is 1. The fraction of sp³-hybridized carbons (Fsp3) is 0. The number of halogens is 2. The first-order valence-corrected chi connectivity index (χ1v) is 6.32. The number of hydrogen-bond acceptors (Lipinski definition) is 4. The molecule has 2 rings (SSSR count). The van der Waals surface area contributed by atoms with Gasteiger partial charge in [0, 0.05) is 16.6 Å². The van der Waals surface area contributed by atoms with Crippen molar-refractivity contribution in [3.63, 3.8) is 0 Å². The third-order valence-electron chi connectivity index (χ3n) is 2.52. The molecule has 0 amide bonds. The highest BCUT2D eigenvalue weighted by Crippen LogP contribution is 2.34. The van der Waals surface area contributed by atoms with E-state index in [9.17, 15) is 19.3 Å². The van der Waals surface area contributed by atoms with Crippen LogP contribution in [0.1, 0.15) is 10.4 Å². The number of hydrogen-bond donors (Lipinski definition) is 1. The van der Waals surface area contributed by atoms with Crippen LogP contribution in [0.3, 0.4) is 0 Å². The topological polar surface area (TPSA) is 89.7 Å². The van der Waals surface area contributed by atoms with E-state index in [1.54, 1.807) is 12.1 Å². The number of benzene rings is 2. The second-order valence-corrected chi connectivity index (χ2v) is 4.83. The van der Waals surface area contributed by atoms with Crippen LogP contribution < -0.4 is 4.74 Å². The molecule has 108 valence electrons. The minimum atomic E-state index is -1.59. The summed E-state index contributed by atoms with van der Waals surface area (Å²) in [5, 5.41) is 19.7. The zero-order valence-electron chi connectivity index (χ0n) is 10.2. The first-order chi connectivity index (χ1) is 9.88. The van der Waals surface area contributed by atoms with E-state index in [0.29, 0.717) is 12.1 Å². The lowest BCUT2D eigenvalue weighted by Gasteiger charge is -2.08. The van der Waals surface area contributed by atoms with Crippen molar-refractivity contribution in [3.8, 4) is 11.5 Å². The zero-order valence-corrected chi connectivity index (χ0v) is 11.8. The van der Waals surface area contributed by atoms with E-state index in [1.165, 1.54) is 12.1 Å². The van der Waals surface area contributed by atoms with Crippen molar-refractivity contribution in [2.24, 2.45) is 0 Å². The third-order valence-corrected chi connectivity index (χ3v) is 3.05. The van der Waals surface area contributed by atoms with Crippen molar-refractivity contribution in [2.75, 3.05) is 0 Å². The normalized spacial score (nSPS) is 10.2. The Labute approximate surface area is 126 Å². The van der Waals surface area contributed by atoms with Crippen molar-refractivity contribution in [1.29, 1.82) is 0 Å². The van der Waals surface area contributed by atoms with Gasteiger partial charge in [-0.05, 0) is 24.3 Å². The van der Waals surface area contributed by atoms with E-state index >= 15 is 0 Å². The molecule has 0 aliphatic rings. The average Bonchev–Trinajstić information content (AvgIpc) is 2.40. The maximum absolute atomic E-state index is 13.6. The first-order valence-electron chi connectivity index (χ1n) is 5.53. The predicted octanol–water partition coefficient (Wildman–Crippen LogP) is 3.99. The lowest BCUT2D eigenvalue weighted by molar-refractivity contribution is -0.385. The zero-order chi connectivity index (χ0) is 15.6. The Kier molecular flexibility index (Phi) is 4.18. The molecular weight excluding hydrogens is 349 g/mol. The standard InChI is InChI=1S/C13H7BrFNO5/c14-7-1-3-8(4-2-7)21-12-6-10(15)9(13(17)18)5-11(12)16(19)20/h1-6H,(H,17,18). The number of nitrogens with zero attached hydrogens (tertiary/aromatic N) is 1. The summed E-state index contributed by atoms with van der Waals surface area (Å²) in [5.41, 5.74) is -1.42. The van der Waals surface area contributed by atoms with Gasteiger partial charge >= 0.3 is 11.7 Å². The maximum atomic E-state index is 13.6. The molecule has 0 radical (unpaired) electrons. The van der Waals surface area contributed by atoms with Crippen molar-refractivity contribution >= 4 is 27.6 Å². The molecular formula is C13H7BrFNO5. The summed E-state index contributed by atoms with van der Waals surface area (Å²) in [4.78, 5) is 20.9. The Hall–Kier alpha value is -2.48. The molecule has 2 aromatic carbocycles. The van der Waals surface area contributed by atoms with Crippen LogP contribution in [0.2, 0.25) is 0 Å². The highest BCUT2D eigenvalue weighted by atomic mass is 79.9. The van der Waals surface area contributed by atoms with Gasteiger partial charge in [-0.2, -0.15) is 0 Å². The van der Waals surface area contributed by atoms with Gasteiger partial charge in [-0.3, -0.25) is 10.1 Å². The van der Waals surface area contributed by atoms with E-state index in [4.69, 9.17) is 9.84 Å². The van der Waals surface area contributed by atoms with Crippen LogP contribution in [-0.4, -0.2) is 16.0 Å². The largest absolute Gasteiger partial charge is 0.478 e. The van der Waals surface area contributed by atoms with Crippen LogP contribution in [-0.2, 0) is 0 Å². The molecule has 8 heteroatoms. The van der Waals surface area contributed by atoms with Crippen LogP contribution in [0.4, 0.5) is 10.1 Å². The number of rotatable bonds is 4. The van der Waals surface area contributed by atoms with Gasteiger partial charge in [-0.15, -0.1) is 0 Å². The summed E-state index contributed by atoms with van der Waals surface area (Å²) in [5.74, 6) is -2.82. The Morgan fingerprint density at radius 2 is 1.90 bits per heavy atom. The molecule has 0 heterocycles. The van der Waals surface area contributed by atoms with Gasteiger partial charge in [0.2, 0.25) is 5.75 Å². The quantitative estimate of drug-likeness (QED) is 0.661. The molecule has 0 unspecified atom stereocenters. The summed E-state index contributed by atoms with van der Waals surface area (Å²) in [6.45, 7) is 0. The molecule has 21 heavy (non-hydrogen) atoms. The third kappa shape index (κ3) is 3.34. The van der Waals surface area contributed by atoms with Crippen LogP contribution in [0, 0.1) is 15.9 Å². The van der Waals surface area contributed by atoms with Gasteiger partial charge in [0.15, 0.2) is 0 Å². The number of carboxylic acid groups (broad SMARTS) is 1. The monoisotopic (exact) mass is 355 g/mol. The van der Waals surface area contributed by atoms with Gasteiger partial charge in [-0.1, -0.05) is 15.9 Å². The Balaban J connectivity index is 2.47. The maximum Gasteiger partial charge on any atom is 0.338 e. The van der Waals surface area contributed by atoms with Gasteiger partial charge in [0.1, 0.15) is 17.1 Å². The fourth-order valence-electron chi connectivity index (χ4n) is 1.56. The number of aromatic carboxylic acids is 1. The molecule has 0 fully saturated rings. The number of carboxylic acids is 1. The molecule has 0 saturated heterocycles. The lowest BCUT2D eigenvalue weighted by atomic mass is 10.1. The molecule has 0 bridgehead atoms. The van der Waals surface area contributed by atoms with Gasteiger partial charge in [0.05, 0.1) is 4.92 Å². The van der Waals surface area contributed by atoms with E-state index in [2.05, 4.69) is 15.9 Å². The van der Waals surface area contributed by atoms with Crippen molar-refractivity contribution in [1.82, 2.24) is 0 Å². The second kappa shape index (κ2) is 5.88. The lowest BCUT2D eigenvalue weighted by Crippen LogP contribution is -2.03. The number of carbonyl (C=O) groups is 1. The van der Waals surface area contributed by atoms with Crippen LogP contribution >= 0.6 is 15.9 Å². The molecule has 0 aliphatic heterocycles. The Morgan fingerprint density at radius 3 is 2.43 bits per heavy atom. The van der Waals surface area contributed by atoms with E-state index in [-0.39, 0.29) is 11.5 Å². The Morgan fingerprint density at radius 1 is 1.29 bits per heavy atom. The molecule has 0 aromatic heterocycles. The molecule has 6 nitrogen and oxygen atoms in total. The summed E-state index contributed by atoms with van der Waals surface area (Å²) in [7, 11) is 0. The first kappa shape index (κ1) is 14.9.